The van der Waals surface area contributed by atoms with Crippen LogP contribution in [0.5, 0.6) is 0 Å². The Morgan fingerprint density at radius 3 is 2.42 bits per heavy atom. The predicted molar refractivity (Wildman–Crippen MR) is 85.2 cm³/mol. The Balaban J connectivity index is 2.04. The largest absolute Gasteiger partial charge is 0.349 e. The summed E-state index contributed by atoms with van der Waals surface area (Å²) in [5, 5.41) is 1.34. The van der Waals surface area contributed by atoms with E-state index < -0.39 is 0 Å². The van der Waals surface area contributed by atoms with Gasteiger partial charge in [0.05, 0.1) is 0 Å². The van der Waals surface area contributed by atoms with Crippen LogP contribution in [0, 0.1) is 0 Å². The summed E-state index contributed by atoms with van der Waals surface area (Å²) in [6.45, 7) is 0.832. The van der Waals surface area contributed by atoms with Crippen molar-refractivity contribution < 1.29 is 0 Å². The monoisotopic (exact) mass is 275 g/mol. The lowest BCUT2D eigenvalue weighted by atomic mass is 10.2. The molecular weight excluding hydrogens is 254 g/mol. The van der Waals surface area contributed by atoms with Crippen molar-refractivity contribution in [2.24, 2.45) is 4.99 Å². The molecule has 0 atom stereocenters. The molecule has 3 nitrogen and oxygen atoms in total. The number of guanidine groups is 1. The van der Waals surface area contributed by atoms with E-state index in [1.807, 2.05) is 49.3 Å². The number of aliphatic imine (C=N–C) groups is 1. The number of hydrogen-bond acceptors (Lipinski definition) is 2. The SMILES string of the molecule is CN(C)C(=NCCc1cc2ccccc2s1)N(C)C. The summed E-state index contributed by atoms with van der Waals surface area (Å²) in [7, 11) is 8.10. The molecule has 2 rings (SSSR count). The van der Waals surface area contributed by atoms with Crippen LogP contribution in [0.3, 0.4) is 0 Å². The fourth-order valence-corrected chi connectivity index (χ4v) is 3.16. The lowest BCUT2D eigenvalue weighted by Crippen LogP contribution is -2.35. The van der Waals surface area contributed by atoms with E-state index in [-0.39, 0.29) is 0 Å². The van der Waals surface area contributed by atoms with Gasteiger partial charge in [-0.15, -0.1) is 11.3 Å². The molecular formula is C15H21N3S. The quantitative estimate of drug-likeness (QED) is 0.633. The van der Waals surface area contributed by atoms with Gasteiger partial charge < -0.3 is 9.80 Å². The normalized spacial score (nSPS) is 10.5. The van der Waals surface area contributed by atoms with Gasteiger partial charge in [0.25, 0.3) is 0 Å². The first-order chi connectivity index (χ1) is 9.08. The van der Waals surface area contributed by atoms with E-state index in [4.69, 9.17) is 0 Å². The molecule has 0 radical (unpaired) electrons. The van der Waals surface area contributed by atoms with E-state index in [2.05, 4.69) is 35.3 Å². The third-order valence-corrected chi connectivity index (χ3v) is 4.06. The van der Waals surface area contributed by atoms with Crippen molar-refractivity contribution in [3.63, 3.8) is 0 Å². The summed E-state index contributed by atoms with van der Waals surface area (Å²) < 4.78 is 1.36. The Hall–Kier alpha value is -1.55. The standard InChI is InChI=1S/C15H21N3S/c1-17(2)15(18(3)4)16-10-9-13-11-12-7-5-6-8-14(12)19-13/h5-8,11H,9-10H2,1-4H3. The van der Waals surface area contributed by atoms with Gasteiger partial charge in [-0.2, -0.15) is 0 Å². The second kappa shape index (κ2) is 6.06. The molecule has 0 amide bonds. The second-order valence-electron chi connectivity index (χ2n) is 4.97. The van der Waals surface area contributed by atoms with Crippen LogP contribution in [0.4, 0.5) is 0 Å². The van der Waals surface area contributed by atoms with E-state index in [9.17, 15) is 0 Å². The molecule has 1 aromatic heterocycles. The van der Waals surface area contributed by atoms with Crippen molar-refractivity contribution in [1.82, 2.24) is 9.80 Å². The van der Waals surface area contributed by atoms with Gasteiger partial charge in [0.1, 0.15) is 0 Å². The summed E-state index contributed by atoms with van der Waals surface area (Å²) in [5.41, 5.74) is 0. The Morgan fingerprint density at radius 2 is 1.79 bits per heavy atom. The van der Waals surface area contributed by atoms with Gasteiger partial charge in [0.2, 0.25) is 0 Å². The number of rotatable bonds is 3. The molecule has 0 aliphatic rings. The number of nitrogens with zero attached hydrogens (tertiary/aromatic N) is 3. The minimum absolute atomic E-state index is 0.832. The summed E-state index contributed by atoms with van der Waals surface area (Å²) in [4.78, 5) is 10.2. The van der Waals surface area contributed by atoms with E-state index >= 15 is 0 Å². The average molecular weight is 275 g/mol. The molecule has 0 fully saturated rings. The number of hydrogen-bond donors (Lipinski definition) is 0. The molecule has 4 heteroatoms. The lowest BCUT2D eigenvalue weighted by Gasteiger charge is -2.22. The van der Waals surface area contributed by atoms with Crippen molar-refractivity contribution in [2.45, 2.75) is 6.42 Å². The highest BCUT2D eigenvalue weighted by atomic mass is 32.1. The smallest absolute Gasteiger partial charge is 0.195 e. The first-order valence-corrected chi connectivity index (χ1v) is 7.26. The topological polar surface area (TPSA) is 18.8 Å². The number of thiophene rings is 1. The fourth-order valence-electron chi connectivity index (χ4n) is 2.11. The van der Waals surface area contributed by atoms with E-state index in [0.717, 1.165) is 18.9 Å². The maximum Gasteiger partial charge on any atom is 0.195 e. The van der Waals surface area contributed by atoms with Crippen LogP contribution in [0.1, 0.15) is 4.88 Å². The summed E-state index contributed by atoms with van der Waals surface area (Å²) >= 11 is 1.87. The zero-order valence-electron chi connectivity index (χ0n) is 12.1. The van der Waals surface area contributed by atoms with Gasteiger partial charge >= 0.3 is 0 Å². The van der Waals surface area contributed by atoms with E-state index in [0.29, 0.717) is 0 Å². The molecule has 0 saturated heterocycles. The molecule has 0 unspecified atom stereocenters. The maximum absolute atomic E-state index is 4.66. The molecule has 19 heavy (non-hydrogen) atoms. The first kappa shape index (κ1) is 13.9. The molecule has 1 aromatic carbocycles. The van der Waals surface area contributed by atoms with Crippen molar-refractivity contribution in [1.29, 1.82) is 0 Å². The van der Waals surface area contributed by atoms with Crippen LogP contribution in [-0.2, 0) is 6.42 Å². The van der Waals surface area contributed by atoms with E-state index in [1.165, 1.54) is 15.0 Å². The fraction of sp³-hybridized carbons (Fsp3) is 0.400. The molecule has 0 saturated carbocycles. The molecule has 0 bridgehead atoms. The molecule has 0 aliphatic carbocycles. The van der Waals surface area contributed by atoms with Crippen LogP contribution < -0.4 is 0 Å². The van der Waals surface area contributed by atoms with Crippen LogP contribution in [0.2, 0.25) is 0 Å². The molecule has 0 aliphatic heterocycles. The van der Waals surface area contributed by atoms with Gasteiger partial charge in [-0.1, -0.05) is 18.2 Å². The lowest BCUT2D eigenvalue weighted by molar-refractivity contribution is 0.479. The Bertz CT molecular complexity index is 527. The summed E-state index contributed by atoms with van der Waals surface area (Å²) in [6, 6.07) is 10.8. The average Bonchev–Trinajstić information content (AvgIpc) is 2.76. The minimum atomic E-state index is 0.832. The highest BCUT2D eigenvalue weighted by Crippen LogP contribution is 2.25. The molecule has 1 heterocycles. The summed E-state index contributed by atoms with van der Waals surface area (Å²) in [6.07, 6.45) is 1.00. The van der Waals surface area contributed by atoms with Gasteiger partial charge in [-0.05, 0) is 17.5 Å². The van der Waals surface area contributed by atoms with E-state index in [1.54, 1.807) is 0 Å². The zero-order valence-corrected chi connectivity index (χ0v) is 12.9. The maximum atomic E-state index is 4.66. The molecule has 0 N–H and O–H groups in total. The molecule has 0 spiro atoms. The third kappa shape index (κ3) is 3.47. The zero-order chi connectivity index (χ0) is 13.8. The highest BCUT2D eigenvalue weighted by molar-refractivity contribution is 7.19. The van der Waals surface area contributed by atoms with Crippen LogP contribution >= 0.6 is 11.3 Å². The minimum Gasteiger partial charge on any atom is -0.349 e. The Kier molecular flexibility index (Phi) is 4.43. The van der Waals surface area contributed by atoms with Gasteiger partial charge in [0.15, 0.2) is 5.96 Å². The van der Waals surface area contributed by atoms with Gasteiger partial charge in [-0.25, -0.2) is 0 Å². The van der Waals surface area contributed by atoms with Gasteiger partial charge in [-0.3, -0.25) is 4.99 Å². The highest BCUT2D eigenvalue weighted by Gasteiger charge is 2.04. The first-order valence-electron chi connectivity index (χ1n) is 6.44. The number of benzene rings is 1. The summed E-state index contributed by atoms with van der Waals surface area (Å²) in [5.74, 6) is 1.01. The second-order valence-corrected chi connectivity index (χ2v) is 6.14. The van der Waals surface area contributed by atoms with Crippen molar-refractivity contribution in [3.8, 4) is 0 Å². The third-order valence-electron chi connectivity index (χ3n) is 2.89. The van der Waals surface area contributed by atoms with Crippen LogP contribution in [-0.4, -0.2) is 50.5 Å². The van der Waals surface area contributed by atoms with Crippen LogP contribution in [0.15, 0.2) is 35.3 Å². The Labute approximate surface area is 119 Å². The predicted octanol–water partition coefficient (Wildman–Crippen LogP) is 2.92. The van der Waals surface area contributed by atoms with Crippen molar-refractivity contribution in [2.75, 3.05) is 34.7 Å². The van der Waals surface area contributed by atoms with Crippen molar-refractivity contribution in [3.05, 3.63) is 35.2 Å². The van der Waals surface area contributed by atoms with Gasteiger partial charge in [0, 0.05) is 50.7 Å². The van der Waals surface area contributed by atoms with Crippen LogP contribution in [0.25, 0.3) is 10.1 Å². The molecule has 102 valence electrons. The molecule has 2 aromatic rings. The number of fused-ring (bicyclic) bond motifs is 1. The Morgan fingerprint density at radius 1 is 1.11 bits per heavy atom. The van der Waals surface area contributed by atoms with Crippen molar-refractivity contribution >= 4 is 27.4 Å².